The molecule has 0 aromatic carbocycles. The number of fused-ring (bicyclic) bond motifs is 3. The van der Waals surface area contributed by atoms with E-state index in [2.05, 4.69) is 24.6 Å². The predicted molar refractivity (Wildman–Crippen MR) is 79.1 cm³/mol. The molecule has 3 aromatic rings. The largest absolute Gasteiger partial charge is 0.345 e. The van der Waals surface area contributed by atoms with E-state index >= 15 is 0 Å². The van der Waals surface area contributed by atoms with Crippen molar-refractivity contribution >= 4 is 29.2 Å². The van der Waals surface area contributed by atoms with Gasteiger partial charge < -0.3 is 10.7 Å². The Balaban J connectivity index is 0.00000121. The van der Waals surface area contributed by atoms with Gasteiger partial charge in [0.25, 0.3) is 0 Å². The average Bonchev–Trinajstić information content (AvgIpc) is 3.04. The molecule has 0 aliphatic heterocycles. The van der Waals surface area contributed by atoms with Crippen LogP contribution in [0, 0.1) is 0 Å². The van der Waals surface area contributed by atoms with Crippen molar-refractivity contribution in [3.8, 4) is 0 Å². The molecule has 1 fully saturated rings. The number of halogens is 1. The van der Waals surface area contributed by atoms with E-state index in [1.54, 1.807) is 6.20 Å². The molecule has 6 nitrogen and oxygen atoms in total. The van der Waals surface area contributed by atoms with Crippen LogP contribution in [0.3, 0.4) is 0 Å². The van der Waals surface area contributed by atoms with Crippen LogP contribution in [0.15, 0.2) is 18.5 Å². The smallest absolute Gasteiger partial charge is 0.179 e. The fourth-order valence-electron chi connectivity index (χ4n) is 3.12. The van der Waals surface area contributed by atoms with Crippen LogP contribution in [0.25, 0.3) is 16.8 Å². The Hall–Kier alpha value is -1.66. The number of aromatic amines is 1. The van der Waals surface area contributed by atoms with Crippen molar-refractivity contribution < 1.29 is 0 Å². The van der Waals surface area contributed by atoms with Gasteiger partial charge in [-0.15, -0.1) is 22.6 Å². The topological polar surface area (TPSA) is 84.9 Å². The molecular formula is C13H17ClN6. The highest BCUT2D eigenvalue weighted by atomic mass is 35.5. The molecule has 3 N–H and O–H groups in total. The second-order valence-corrected chi connectivity index (χ2v) is 5.35. The number of nitrogens with one attached hydrogen (secondary N) is 1. The number of aromatic nitrogens is 5. The van der Waals surface area contributed by atoms with Crippen LogP contribution in [0.4, 0.5) is 0 Å². The van der Waals surface area contributed by atoms with Crippen molar-refractivity contribution in [3.63, 3.8) is 0 Å². The minimum Gasteiger partial charge on any atom is -0.345 e. The van der Waals surface area contributed by atoms with E-state index in [1.165, 1.54) is 6.42 Å². The molecule has 0 amide bonds. The zero-order valence-corrected chi connectivity index (χ0v) is 11.8. The van der Waals surface area contributed by atoms with E-state index in [9.17, 15) is 0 Å². The van der Waals surface area contributed by atoms with Gasteiger partial charge in [-0.25, -0.2) is 4.98 Å². The molecule has 4 rings (SSSR count). The first-order valence-corrected chi connectivity index (χ1v) is 6.75. The van der Waals surface area contributed by atoms with Crippen molar-refractivity contribution in [3.05, 3.63) is 24.3 Å². The summed E-state index contributed by atoms with van der Waals surface area (Å²) >= 11 is 0. The summed E-state index contributed by atoms with van der Waals surface area (Å²) in [5, 5.41) is 8.63. The molecule has 3 aromatic heterocycles. The van der Waals surface area contributed by atoms with Crippen molar-refractivity contribution in [1.82, 2.24) is 24.6 Å². The molecule has 1 saturated carbocycles. The molecule has 106 valence electrons. The number of hydrogen-bond donors (Lipinski definition) is 2. The molecule has 2 atom stereocenters. The monoisotopic (exact) mass is 292 g/mol. The van der Waals surface area contributed by atoms with Gasteiger partial charge in [-0.1, -0.05) is 6.42 Å². The minimum atomic E-state index is 0. The molecule has 3 heterocycles. The van der Waals surface area contributed by atoms with Crippen molar-refractivity contribution in [2.45, 2.75) is 37.6 Å². The Bertz CT molecular complexity index is 733. The van der Waals surface area contributed by atoms with Crippen LogP contribution in [0.5, 0.6) is 0 Å². The molecule has 1 aliphatic rings. The third-order valence-electron chi connectivity index (χ3n) is 4.05. The summed E-state index contributed by atoms with van der Waals surface area (Å²) in [6.45, 7) is 0. The van der Waals surface area contributed by atoms with Gasteiger partial charge in [0.05, 0.1) is 11.7 Å². The highest BCUT2D eigenvalue weighted by Crippen LogP contribution is 2.32. The normalized spacial score (nSPS) is 23.1. The Morgan fingerprint density at radius 2 is 2.20 bits per heavy atom. The number of rotatable bonds is 1. The molecule has 0 radical (unpaired) electrons. The summed E-state index contributed by atoms with van der Waals surface area (Å²) in [6, 6.07) is 2.31. The molecule has 7 heteroatoms. The number of nitrogens with zero attached hydrogens (tertiary/aromatic N) is 4. The molecular weight excluding hydrogens is 276 g/mol. The van der Waals surface area contributed by atoms with E-state index in [-0.39, 0.29) is 18.4 Å². The third-order valence-corrected chi connectivity index (χ3v) is 4.05. The maximum Gasteiger partial charge on any atom is 0.179 e. The van der Waals surface area contributed by atoms with Crippen LogP contribution in [-0.2, 0) is 0 Å². The van der Waals surface area contributed by atoms with Crippen molar-refractivity contribution in [2.75, 3.05) is 0 Å². The van der Waals surface area contributed by atoms with Gasteiger partial charge in [-0.3, -0.25) is 4.40 Å². The lowest BCUT2D eigenvalue weighted by molar-refractivity contribution is 0.381. The lowest BCUT2D eigenvalue weighted by Crippen LogP contribution is -2.27. The fourth-order valence-corrected chi connectivity index (χ4v) is 3.12. The third kappa shape index (κ3) is 1.96. The summed E-state index contributed by atoms with van der Waals surface area (Å²) in [5.74, 6) is 1.43. The van der Waals surface area contributed by atoms with E-state index in [0.29, 0.717) is 5.92 Å². The minimum absolute atomic E-state index is 0. The number of hydrogen-bond acceptors (Lipinski definition) is 4. The summed E-state index contributed by atoms with van der Waals surface area (Å²) in [4.78, 5) is 7.47. The highest BCUT2D eigenvalue weighted by molar-refractivity contribution is 5.85. The Morgan fingerprint density at radius 1 is 1.30 bits per heavy atom. The van der Waals surface area contributed by atoms with Crippen molar-refractivity contribution in [2.24, 2.45) is 5.73 Å². The second kappa shape index (κ2) is 5.03. The molecule has 0 spiro atoms. The fraction of sp³-hybridized carbons (Fsp3) is 0.462. The van der Waals surface area contributed by atoms with E-state index in [1.807, 2.05) is 12.3 Å². The van der Waals surface area contributed by atoms with Gasteiger partial charge in [-0.05, 0) is 25.3 Å². The molecule has 20 heavy (non-hydrogen) atoms. The lowest BCUT2D eigenvalue weighted by Gasteiger charge is -2.25. The maximum absolute atomic E-state index is 6.09. The van der Waals surface area contributed by atoms with Crippen molar-refractivity contribution in [1.29, 1.82) is 0 Å². The predicted octanol–water partition coefficient (Wildman–Crippen LogP) is 2.01. The summed E-state index contributed by atoms with van der Waals surface area (Å²) in [5.41, 5.74) is 8.81. The first-order chi connectivity index (χ1) is 9.33. The Labute approximate surface area is 122 Å². The first-order valence-electron chi connectivity index (χ1n) is 6.75. The van der Waals surface area contributed by atoms with Gasteiger partial charge in [0.2, 0.25) is 0 Å². The lowest BCUT2D eigenvalue weighted by atomic mass is 9.85. The zero-order valence-electron chi connectivity index (χ0n) is 11.0. The SMILES string of the molecule is Cl.N[C@@H]1CCC[C@H](c2nnc3cnc4[nH]ccc4n23)C1. The standard InChI is InChI=1S/C13H16N6.ClH/c14-9-3-1-2-8(6-9)13-18-17-11-7-16-12-10(19(11)13)4-5-15-12;/h4-5,7-9,15H,1-3,6,14H2;1H/t8-,9+;/m0./s1. The zero-order chi connectivity index (χ0) is 12.8. The summed E-state index contributed by atoms with van der Waals surface area (Å²) in [7, 11) is 0. The first kappa shape index (κ1) is 13.3. The van der Waals surface area contributed by atoms with Gasteiger partial charge in [-0.2, -0.15) is 0 Å². The van der Waals surface area contributed by atoms with Crippen LogP contribution < -0.4 is 5.73 Å². The van der Waals surface area contributed by atoms with Gasteiger partial charge >= 0.3 is 0 Å². The maximum atomic E-state index is 6.09. The van der Waals surface area contributed by atoms with Crippen LogP contribution >= 0.6 is 12.4 Å². The van der Waals surface area contributed by atoms with Gasteiger partial charge in [0, 0.05) is 18.2 Å². The Morgan fingerprint density at radius 3 is 3.05 bits per heavy atom. The van der Waals surface area contributed by atoms with Gasteiger partial charge in [0.1, 0.15) is 5.82 Å². The van der Waals surface area contributed by atoms with E-state index in [0.717, 1.165) is 41.9 Å². The number of H-pyrrole nitrogens is 1. The summed E-state index contributed by atoms with van der Waals surface area (Å²) < 4.78 is 2.11. The van der Waals surface area contributed by atoms with Crippen LogP contribution in [-0.4, -0.2) is 30.6 Å². The molecule has 0 saturated heterocycles. The van der Waals surface area contributed by atoms with Crippen LogP contribution in [0.2, 0.25) is 0 Å². The average molecular weight is 293 g/mol. The molecule has 0 bridgehead atoms. The van der Waals surface area contributed by atoms with E-state index < -0.39 is 0 Å². The quantitative estimate of drug-likeness (QED) is 0.718. The van der Waals surface area contributed by atoms with Gasteiger partial charge in [0.15, 0.2) is 11.3 Å². The second-order valence-electron chi connectivity index (χ2n) is 5.35. The Kier molecular flexibility index (Phi) is 3.35. The molecule has 1 aliphatic carbocycles. The molecule has 0 unspecified atom stereocenters. The van der Waals surface area contributed by atoms with Crippen LogP contribution in [0.1, 0.15) is 37.4 Å². The summed E-state index contributed by atoms with van der Waals surface area (Å²) in [6.07, 6.45) is 8.08. The highest BCUT2D eigenvalue weighted by Gasteiger charge is 2.25. The van der Waals surface area contributed by atoms with E-state index in [4.69, 9.17) is 5.73 Å². The number of nitrogens with two attached hydrogens (primary N) is 1.